The second-order valence-corrected chi connectivity index (χ2v) is 6.86. The summed E-state index contributed by atoms with van der Waals surface area (Å²) in [5.74, 6) is 0. The van der Waals surface area contributed by atoms with Crippen LogP contribution in [0.15, 0.2) is 29.4 Å². The lowest BCUT2D eigenvalue weighted by atomic mass is 9.78. The van der Waals surface area contributed by atoms with E-state index in [-0.39, 0.29) is 18.3 Å². The zero-order valence-corrected chi connectivity index (χ0v) is 13.1. The molecule has 0 spiro atoms. The number of nitroso groups, excluding NO2 is 1. The van der Waals surface area contributed by atoms with Crippen LogP contribution >= 0.6 is 0 Å². The first kappa shape index (κ1) is 15.2. The first-order chi connectivity index (χ1) is 9.09. The molecule has 1 heterocycles. The van der Waals surface area contributed by atoms with Crippen LogP contribution in [0.1, 0.15) is 47.1 Å². The summed E-state index contributed by atoms with van der Waals surface area (Å²) in [4.78, 5) is 10.8. The zero-order valence-electron chi connectivity index (χ0n) is 13.1. The second kappa shape index (κ2) is 4.67. The fraction of sp³-hybridized carbons (Fsp3) is 0.600. The van der Waals surface area contributed by atoms with Crippen LogP contribution in [0.3, 0.4) is 0 Å². The first-order valence-corrected chi connectivity index (χ1v) is 6.90. The van der Waals surface area contributed by atoms with Crippen LogP contribution in [0, 0.1) is 4.91 Å². The number of nitrogens with zero attached hydrogens (tertiary/aromatic N) is 1. The summed E-state index contributed by atoms with van der Waals surface area (Å²) in [6.45, 7) is 11.7. The summed E-state index contributed by atoms with van der Waals surface area (Å²) in [6, 6.07) is 7.68. The summed E-state index contributed by atoms with van der Waals surface area (Å²) >= 11 is 0. The van der Waals surface area contributed by atoms with Crippen molar-refractivity contribution in [3.8, 4) is 0 Å². The number of rotatable bonds is 3. The van der Waals surface area contributed by atoms with Gasteiger partial charge in [-0.2, -0.15) is 0 Å². The van der Waals surface area contributed by atoms with Crippen LogP contribution in [0.4, 0.5) is 0 Å². The molecule has 1 aliphatic rings. The Balaban J connectivity index is 2.23. The molecule has 0 bridgehead atoms. The zero-order chi connectivity index (χ0) is 15.2. The van der Waals surface area contributed by atoms with E-state index in [1.165, 1.54) is 0 Å². The van der Waals surface area contributed by atoms with Gasteiger partial charge in [0.05, 0.1) is 11.2 Å². The molecule has 0 radical (unpaired) electrons. The summed E-state index contributed by atoms with van der Waals surface area (Å²) in [7, 11) is -0.374. The van der Waals surface area contributed by atoms with Crippen molar-refractivity contribution in [2.45, 2.75) is 58.3 Å². The van der Waals surface area contributed by atoms with Gasteiger partial charge in [0.25, 0.3) is 0 Å². The Morgan fingerprint density at radius 2 is 1.45 bits per heavy atom. The second-order valence-electron chi connectivity index (χ2n) is 6.86. The largest absolute Gasteiger partial charge is 0.494 e. The minimum atomic E-state index is -0.714. The normalized spacial score (nSPS) is 21.0. The van der Waals surface area contributed by atoms with Crippen LogP contribution in [-0.4, -0.2) is 18.3 Å². The molecule has 1 fully saturated rings. The molecule has 0 N–H and O–H groups in total. The molecule has 2 rings (SSSR count). The monoisotopic (exact) mass is 275 g/mol. The van der Waals surface area contributed by atoms with Gasteiger partial charge in [-0.05, 0) is 52.6 Å². The van der Waals surface area contributed by atoms with Crippen molar-refractivity contribution in [1.82, 2.24) is 0 Å². The van der Waals surface area contributed by atoms with E-state index < -0.39 is 5.54 Å². The molecule has 1 aromatic carbocycles. The average molecular weight is 275 g/mol. The summed E-state index contributed by atoms with van der Waals surface area (Å²) < 4.78 is 12.0. The van der Waals surface area contributed by atoms with E-state index in [4.69, 9.17) is 9.31 Å². The molecule has 1 aromatic rings. The maximum Gasteiger partial charge on any atom is 0.494 e. The summed E-state index contributed by atoms with van der Waals surface area (Å²) in [5, 5.41) is 3.15. The van der Waals surface area contributed by atoms with Gasteiger partial charge < -0.3 is 9.31 Å². The molecule has 0 aromatic heterocycles. The topological polar surface area (TPSA) is 47.9 Å². The Hall–Kier alpha value is -1.20. The predicted molar refractivity (Wildman–Crippen MR) is 81.0 cm³/mol. The molecule has 0 aliphatic carbocycles. The van der Waals surface area contributed by atoms with E-state index in [2.05, 4.69) is 5.18 Å². The maximum atomic E-state index is 10.8. The highest BCUT2D eigenvalue weighted by atomic mass is 16.7. The molecule has 0 saturated carbocycles. The lowest BCUT2D eigenvalue weighted by Gasteiger charge is -2.32. The molecular weight excluding hydrogens is 253 g/mol. The molecule has 20 heavy (non-hydrogen) atoms. The Bertz CT molecular complexity index is 492. The molecule has 108 valence electrons. The van der Waals surface area contributed by atoms with Gasteiger partial charge in [0.1, 0.15) is 5.54 Å². The van der Waals surface area contributed by atoms with Crippen molar-refractivity contribution in [3.63, 3.8) is 0 Å². The fourth-order valence-electron chi connectivity index (χ4n) is 2.08. The van der Waals surface area contributed by atoms with Crippen LogP contribution < -0.4 is 5.46 Å². The van der Waals surface area contributed by atoms with E-state index in [1.54, 1.807) is 13.8 Å². The first-order valence-electron chi connectivity index (χ1n) is 6.90. The van der Waals surface area contributed by atoms with Gasteiger partial charge in [0, 0.05) is 0 Å². The third-order valence-corrected chi connectivity index (χ3v) is 4.37. The SMILES string of the molecule is CC(C)(N=O)c1ccc(B2OC(C)(C)C(C)(C)O2)cc1. The minimum absolute atomic E-state index is 0.347. The van der Waals surface area contributed by atoms with E-state index in [1.807, 2.05) is 52.0 Å². The molecule has 4 nitrogen and oxygen atoms in total. The fourth-order valence-corrected chi connectivity index (χ4v) is 2.08. The standard InChI is InChI=1S/C15H22BNO3/c1-13(2,17-18)11-7-9-12(10-8-11)16-19-14(3,4)15(5,6)20-16/h7-10H,1-6H3. The maximum absolute atomic E-state index is 10.8. The molecule has 0 unspecified atom stereocenters. The molecule has 1 saturated heterocycles. The molecule has 0 atom stereocenters. The third kappa shape index (κ3) is 2.52. The van der Waals surface area contributed by atoms with Crippen LogP contribution in [0.2, 0.25) is 0 Å². The van der Waals surface area contributed by atoms with Crippen molar-refractivity contribution in [1.29, 1.82) is 0 Å². The van der Waals surface area contributed by atoms with Crippen molar-refractivity contribution in [2.24, 2.45) is 5.18 Å². The van der Waals surface area contributed by atoms with Gasteiger partial charge in [-0.25, -0.2) is 0 Å². The van der Waals surface area contributed by atoms with Crippen molar-refractivity contribution >= 4 is 12.6 Å². The molecule has 1 aliphatic heterocycles. The molecule has 5 heteroatoms. The summed E-state index contributed by atoms with van der Waals surface area (Å²) in [5.41, 5.74) is 0.427. The number of hydrogen-bond donors (Lipinski definition) is 0. The van der Waals surface area contributed by atoms with Gasteiger partial charge in [-0.3, -0.25) is 0 Å². The number of hydrogen-bond acceptors (Lipinski definition) is 4. The third-order valence-electron chi connectivity index (χ3n) is 4.37. The van der Waals surface area contributed by atoms with Gasteiger partial charge in [0.2, 0.25) is 0 Å². The van der Waals surface area contributed by atoms with Crippen molar-refractivity contribution in [2.75, 3.05) is 0 Å². The smallest absolute Gasteiger partial charge is 0.399 e. The minimum Gasteiger partial charge on any atom is -0.399 e. The van der Waals surface area contributed by atoms with Crippen LogP contribution in [0.25, 0.3) is 0 Å². The van der Waals surface area contributed by atoms with Gasteiger partial charge in [-0.15, -0.1) is 4.91 Å². The van der Waals surface area contributed by atoms with Gasteiger partial charge >= 0.3 is 7.12 Å². The van der Waals surface area contributed by atoms with Crippen LogP contribution in [0.5, 0.6) is 0 Å². The number of benzene rings is 1. The van der Waals surface area contributed by atoms with Crippen molar-refractivity contribution in [3.05, 3.63) is 34.7 Å². The Morgan fingerprint density at radius 1 is 1.00 bits per heavy atom. The Kier molecular flexibility index (Phi) is 3.55. The Morgan fingerprint density at radius 3 is 1.85 bits per heavy atom. The van der Waals surface area contributed by atoms with Crippen molar-refractivity contribution < 1.29 is 9.31 Å². The highest BCUT2D eigenvalue weighted by Gasteiger charge is 2.51. The highest BCUT2D eigenvalue weighted by Crippen LogP contribution is 2.36. The van der Waals surface area contributed by atoms with E-state index >= 15 is 0 Å². The molecule has 0 amide bonds. The van der Waals surface area contributed by atoms with Gasteiger partial charge in [-0.1, -0.05) is 29.4 Å². The molecular formula is C15H22BNO3. The lowest BCUT2D eigenvalue weighted by Crippen LogP contribution is -2.41. The Labute approximate surface area is 121 Å². The van der Waals surface area contributed by atoms with E-state index in [0.29, 0.717) is 0 Å². The van der Waals surface area contributed by atoms with E-state index in [9.17, 15) is 4.91 Å². The highest BCUT2D eigenvalue weighted by molar-refractivity contribution is 6.62. The van der Waals surface area contributed by atoms with Gasteiger partial charge in [0.15, 0.2) is 0 Å². The lowest BCUT2D eigenvalue weighted by molar-refractivity contribution is 0.00578. The average Bonchev–Trinajstić information content (AvgIpc) is 2.59. The van der Waals surface area contributed by atoms with Crippen LogP contribution in [-0.2, 0) is 14.8 Å². The van der Waals surface area contributed by atoms with E-state index in [0.717, 1.165) is 11.0 Å². The summed E-state index contributed by atoms with van der Waals surface area (Å²) in [6.07, 6.45) is 0. The quantitative estimate of drug-likeness (QED) is 0.629. The predicted octanol–water partition coefficient (Wildman–Crippen LogP) is 2.99.